The highest BCUT2D eigenvalue weighted by Crippen LogP contribution is 2.37. The smallest absolute Gasteiger partial charge is 0.425 e. The third kappa shape index (κ3) is 7.55. The van der Waals surface area contributed by atoms with Crippen molar-refractivity contribution in [1.82, 2.24) is 14.9 Å². The predicted molar refractivity (Wildman–Crippen MR) is 168 cm³/mol. The van der Waals surface area contributed by atoms with Crippen molar-refractivity contribution in [3.8, 4) is 23.0 Å². The maximum Gasteiger partial charge on any atom is 0.425 e. The van der Waals surface area contributed by atoms with Crippen molar-refractivity contribution < 1.29 is 28.5 Å². The fraction of sp³-hybridized carbons (Fsp3) is 0.303. The second kappa shape index (κ2) is 14.5. The number of nitrogens with zero attached hydrogens (tertiary/aromatic N) is 4. The average molecular weight is 600 g/mol. The van der Waals surface area contributed by atoms with Crippen LogP contribution in [-0.2, 0) is 4.74 Å². The Kier molecular flexibility index (Phi) is 10.1. The van der Waals surface area contributed by atoms with E-state index < -0.39 is 6.09 Å². The van der Waals surface area contributed by atoms with Crippen molar-refractivity contribution in [2.75, 3.05) is 63.9 Å². The van der Waals surface area contributed by atoms with E-state index in [2.05, 4.69) is 20.2 Å². The molecular weight excluding hydrogens is 562 g/mol. The maximum atomic E-state index is 13.8. The lowest BCUT2D eigenvalue weighted by atomic mass is 10.1. The number of anilines is 4. The Hall–Kier alpha value is -4.87. The molecule has 11 nitrogen and oxygen atoms in total. The lowest BCUT2D eigenvalue weighted by molar-refractivity contribution is 0.0322. The first-order valence-electron chi connectivity index (χ1n) is 14.4. The van der Waals surface area contributed by atoms with Crippen LogP contribution >= 0.6 is 0 Å². The van der Waals surface area contributed by atoms with Crippen LogP contribution in [0.2, 0.25) is 0 Å². The number of para-hydroxylation sites is 1. The number of morpholine rings is 1. The molecule has 0 radical (unpaired) electrons. The Morgan fingerprint density at radius 2 is 1.68 bits per heavy atom. The van der Waals surface area contributed by atoms with E-state index in [1.54, 1.807) is 37.6 Å². The summed E-state index contributed by atoms with van der Waals surface area (Å²) in [5.41, 5.74) is 2.85. The van der Waals surface area contributed by atoms with Crippen LogP contribution in [0.1, 0.15) is 11.1 Å². The molecule has 0 bridgehead atoms. The van der Waals surface area contributed by atoms with E-state index >= 15 is 0 Å². The van der Waals surface area contributed by atoms with E-state index in [1.165, 1.54) is 12.0 Å². The van der Waals surface area contributed by atoms with Gasteiger partial charge in [0.05, 0.1) is 33.1 Å². The highest BCUT2D eigenvalue weighted by atomic mass is 16.6. The lowest BCUT2D eigenvalue weighted by Gasteiger charge is -2.26. The molecule has 44 heavy (non-hydrogen) atoms. The number of aromatic nitrogens is 2. The Labute approximate surface area is 257 Å². The normalized spacial score (nSPS) is 13.2. The number of carbonyl (C=O) groups is 1. The molecule has 230 valence electrons. The molecule has 2 heterocycles. The summed E-state index contributed by atoms with van der Waals surface area (Å²) in [7, 11) is 3.09. The quantitative estimate of drug-likeness (QED) is 0.224. The van der Waals surface area contributed by atoms with Gasteiger partial charge < -0.3 is 29.0 Å². The van der Waals surface area contributed by atoms with Gasteiger partial charge in [0.2, 0.25) is 5.95 Å². The minimum atomic E-state index is -0.658. The van der Waals surface area contributed by atoms with Crippen LogP contribution in [0.3, 0.4) is 0 Å². The zero-order valence-corrected chi connectivity index (χ0v) is 25.4. The van der Waals surface area contributed by atoms with Gasteiger partial charge >= 0.3 is 6.09 Å². The number of carbonyl (C=O) groups excluding carboxylic acids is 1. The Bertz CT molecular complexity index is 1540. The van der Waals surface area contributed by atoms with Crippen molar-refractivity contribution in [2.45, 2.75) is 13.8 Å². The summed E-state index contributed by atoms with van der Waals surface area (Å²) < 4.78 is 28.3. The molecule has 3 aromatic carbocycles. The van der Waals surface area contributed by atoms with E-state index in [1.807, 2.05) is 56.3 Å². The number of hydrogen-bond acceptors (Lipinski definition) is 10. The second-order valence-electron chi connectivity index (χ2n) is 10.2. The highest BCUT2D eigenvalue weighted by molar-refractivity contribution is 5.98. The zero-order chi connectivity index (χ0) is 30.9. The van der Waals surface area contributed by atoms with E-state index in [4.69, 9.17) is 23.7 Å². The van der Waals surface area contributed by atoms with Crippen LogP contribution < -0.4 is 29.2 Å². The minimum absolute atomic E-state index is 0.283. The Balaban J connectivity index is 1.36. The summed E-state index contributed by atoms with van der Waals surface area (Å²) in [5, 5.41) is 3.21. The minimum Gasteiger partial charge on any atom is -0.497 e. The van der Waals surface area contributed by atoms with Gasteiger partial charge in [-0.2, -0.15) is 4.98 Å². The number of ether oxygens (including phenoxy) is 5. The Morgan fingerprint density at radius 1 is 0.955 bits per heavy atom. The molecule has 5 rings (SSSR count). The van der Waals surface area contributed by atoms with Gasteiger partial charge in [0, 0.05) is 43.7 Å². The van der Waals surface area contributed by atoms with Gasteiger partial charge in [-0.15, -0.1) is 0 Å². The largest absolute Gasteiger partial charge is 0.497 e. The molecule has 0 spiro atoms. The molecule has 0 atom stereocenters. The highest BCUT2D eigenvalue weighted by Gasteiger charge is 2.27. The van der Waals surface area contributed by atoms with Gasteiger partial charge in [0.1, 0.15) is 35.4 Å². The van der Waals surface area contributed by atoms with Gasteiger partial charge in [-0.3, -0.25) is 4.90 Å². The number of aryl methyl sites for hydroxylation is 2. The van der Waals surface area contributed by atoms with Crippen molar-refractivity contribution in [2.24, 2.45) is 0 Å². The van der Waals surface area contributed by atoms with Gasteiger partial charge in [-0.25, -0.2) is 14.7 Å². The predicted octanol–water partition coefficient (Wildman–Crippen LogP) is 5.90. The molecule has 1 saturated heterocycles. The lowest BCUT2D eigenvalue weighted by Crippen LogP contribution is -2.38. The SMILES string of the molecule is COc1ccc(N(C(=O)Oc2c(C)cccc2C)c2ccnc(Nc3ccc(OCCN4CCOCC4)cc3)n2)c(OC)c1. The summed E-state index contributed by atoms with van der Waals surface area (Å²) in [6.45, 7) is 8.62. The molecule has 1 aliphatic heterocycles. The van der Waals surface area contributed by atoms with Gasteiger partial charge in [-0.1, -0.05) is 18.2 Å². The number of nitrogens with one attached hydrogen (secondary N) is 1. The van der Waals surface area contributed by atoms with Crippen LogP contribution in [0.4, 0.5) is 27.9 Å². The molecule has 1 fully saturated rings. The van der Waals surface area contributed by atoms with E-state index in [0.717, 1.165) is 55.4 Å². The standard InChI is InChI=1S/C33H37N5O6/c1-23-6-5-7-24(2)31(23)44-33(39)38(28-13-12-27(40-3)22-29(28)41-4)30-14-15-34-32(36-30)35-25-8-10-26(11-9-25)43-21-18-37-16-19-42-20-17-37/h5-15,22H,16-21H2,1-4H3,(H,34,35,36). The first-order chi connectivity index (χ1) is 21.4. The molecule has 0 aliphatic carbocycles. The molecule has 1 aliphatic rings. The third-order valence-electron chi connectivity index (χ3n) is 7.17. The third-order valence-corrected chi connectivity index (χ3v) is 7.17. The number of rotatable bonds is 11. The van der Waals surface area contributed by atoms with Crippen LogP contribution in [0.15, 0.2) is 72.9 Å². The summed E-state index contributed by atoms with van der Waals surface area (Å²) in [6, 6.07) is 20.0. The van der Waals surface area contributed by atoms with E-state index in [0.29, 0.717) is 35.5 Å². The summed E-state index contributed by atoms with van der Waals surface area (Å²) in [4.78, 5) is 26.6. The molecule has 4 aromatic rings. The van der Waals surface area contributed by atoms with Gasteiger partial charge in [0.25, 0.3) is 0 Å². The van der Waals surface area contributed by atoms with Crippen LogP contribution in [0.5, 0.6) is 23.0 Å². The molecule has 0 unspecified atom stereocenters. The molecule has 1 aromatic heterocycles. The number of amides is 1. The maximum absolute atomic E-state index is 13.8. The fourth-order valence-corrected chi connectivity index (χ4v) is 4.79. The fourth-order valence-electron chi connectivity index (χ4n) is 4.79. The second-order valence-corrected chi connectivity index (χ2v) is 10.2. The first kappa shape index (κ1) is 30.6. The Morgan fingerprint density at radius 3 is 2.39 bits per heavy atom. The van der Waals surface area contributed by atoms with Gasteiger partial charge in [-0.05, 0) is 61.4 Å². The zero-order valence-electron chi connectivity index (χ0n) is 25.4. The van der Waals surface area contributed by atoms with Crippen LogP contribution in [0, 0.1) is 13.8 Å². The number of methoxy groups -OCH3 is 2. The first-order valence-corrected chi connectivity index (χ1v) is 14.4. The summed E-state index contributed by atoms with van der Waals surface area (Å²) in [6.07, 6.45) is 0.914. The van der Waals surface area contributed by atoms with Crippen molar-refractivity contribution in [3.05, 3.63) is 84.1 Å². The molecule has 1 amide bonds. The van der Waals surface area contributed by atoms with Crippen LogP contribution in [-0.4, -0.2) is 74.6 Å². The number of hydrogen-bond donors (Lipinski definition) is 1. The topological polar surface area (TPSA) is 108 Å². The van der Waals surface area contributed by atoms with Crippen LogP contribution in [0.25, 0.3) is 0 Å². The molecule has 1 N–H and O–H groups in total. The summed E-state index contributed by atoms with van der Waals surface area (Å²) >= 11 is 0. The van der Waals surface area contributed by atoms with Crippen molar-refractivity contribution >= 4 is 29.2 Å². The molecule has 11 heteroatoms. The molecular formula is C33H37N5O6. The van der Waals surface area contributed by atoms with Crippen molar-refractivity contribution in [1.29, 1.82) is 0 Å². The van der Waals surface area contributed by atoms with Gasteiger partial charge in [0.15, 0.2) is 0 Å². The summed E-state index contributed by atoms with van der Waals surface area (Å²) in [5.74, 6) is 2.80. The molecule has 0 saturated carbocycles. The van der Waals surface area contributed by atoms with Crippen molar-refractivity contribution in [3.63, 3.8) is 0 Å². The van der Waals surface area contributed by atoms with E-state index in [-0.39, 0.29) is 5.82 Å². The van der Waals surface area contributed by atoms with E-state index in [9.17, 15) is 4.79 Å². The average Bonchev–Trinajstić information content (AvgIpc) is 3.05. The number of benzene rings is 3. The monoisotopic (exact) mass is 599 g/mol.